The van der Waals surface area contributed by atoms with E-state index in [1.807, 2.05) is 52.0 Å². The van der Waals surface area contributed by atoms with Crippen molar-refractivity contribution in [2.45, 2.75) is 107 Å². The summed E-state index contributed by atoms with van der Waals surface area (Å²) in [4.78, 5) is 67.8. The number of nitrogens with one attached hydrogen (secondary N) is 2. The van der Waals surface area contributed by atoms with Gasteiger partial charge in [-0.1, -0.05) is 0 Å². The number of rotatable bonds is 16. The zero-order valence-corrected chi connectivity index (χ0v) is 34.0. The molecule has 5 rings (SSSR count). The molecule has 0 atom stereocenters. The largest absolute Gasteiger partial charge is 0.466 e. The molecule has 0 saturated heterocycles. The summed E-state index contributed by atoms with van der Waals surface area (Å²) in [5, 5.41) is 0. The average molecular weight is 767 g/mol. The summed E-state index contributed by atoms with van der Waals surface area (Å²) >= 11 is 0. The first-order valence-electron chi connectivity index (χ1n) is 19.6. The standard InChI is InChI=1S/C44H54N4O8/c1-9-53-41(49)17-13-29-25(5)33-21-34-27(7)31(15-19-43(51)55-11-3)39(47-34)24-40-32(16-20-44(52)56-12-4)28(8)36(48-40)22-35-26(6)30(14-18-42(50)54-10-2)38(46-35)23-37(29)45-33/h21-24,45,47H,9-20H2,1-8H3. The number of esters is 4. The fourth-order valence-corrected chi connectivity index (χ4v) is 7.33. The van der Waals surface area contributed by atoms with E-state index in [1.54, 1.807) is 27.7 Å². The lowest BCUT2D eigenvalue weighted by atomic mass is 9.99. The predicted octanol–water partition coefficient (Wildman–Crippen LogP) is 8.47. The molecule has 0 saturated carbocycles. The van der Waals surface area contributed by atoms with Gasteiger partial charge in [0.15, 0.2) is 0 Å². The Bertz CT molecular complexity index is 2090. The van der Waals surface area contributed by atoms with E-state index < -0.39 is 0 Å². The van der Waals surface area contributed by atoms with Gasteiger partial charge in [0.2, 0.25) is 0 Å². The Morgan fingerprint density at radius 3 is 1.14 bits per heavy atom. The topological polar surface area (TPSA) is 163 Å². The quantitative estimate of drug-likeness (QED) is 0.107. The lowest BCUT2D eigenvalue weighted by Gasteiger charge is -2.06. The average Bonchev–Trinajstić information content (AvgIpc) is 3.81. The van der Waals surface area contributed by atoms with Crippen LogP contribution < -0.4 is 0 Å². The number of fused-ring (bicyclic) bond motifs is 8. The Kier molecular flexibility index (Phi) is 14.0. The number of hydrogen-bond donors (Lipinski definition) is 2. The van der Waals surface area contributed by atoms with Gasteiger partial charge in [-0.3, -0.25) is 19.2 Å². The van der Waals surface area contributed by atoms with E-state index in [2.05, 4.69) is 9.97 Å². The number of carbonyl (C=O) groups excluding carboxylic acids is 4. The lowest BCUT2D eigenvalue weighted by Crippen LogP contribution is -2.05. The molecule has 0 amide bonds. The highest BCUT2D eigenvalue weighted by Gasteiger charge is 2.23. The van der Waals surface area contributed by atoms with E-state index in [4.69, 9.17) is 28.9 Å². The van der Waals surface area contributed by atoms with Crippen LogP contribution in [-0.4, -0.2) is 70.2 Å². The van der Waals surface area contributed by atoms with Crippen LogP contribution in [0.5, 0.6) is 0 Å². The molecule has 8 bridgehead atoms. The molecule has 0 aromatic carbocycles. The lowest BCUT2D eigenvalue weighted by molar-refractivity contribution is -0.144. The van der Waals surface area contributed by atoms with E-state index in [1.165, 1.54) is 0 Å². The van der Waals surface area contributed by atoms with Crippen LogP contribution in [0.2, 0.25) is 0 Å². The van der Waals surface area contributed by atoms with Gasteiger partial charge in [-0.15, -0.1) is 0 Å². The van der Waals surface area contributed by atoms with Crippen molar-refractivity contribution in [3.8, 4) is 0 Å². The Morgan fingerprint density at radius 1 is 0.464 bits per heavy atom. The van der Waals surface area contributed by atoms with Crippen LogP contribution in [0.1, 0.15) is 125 Å². The van der Waals surface area contributed by atoms with Gasteiger partial charge < -0.3 is 28.9 Å². The van der Waals surface area contributed by atoms with Crippen LogP contribution in [0.4, 0.5) is 0 Å². The summed E-state index contributed by atoms with van der Waals surface area (Å²) in [5.74, 6) is -1.12. The van der Waals surface area contributed by atoms with Crippen molar-refractivity contribution < 1.29 is 38.1 Å². The number of ether oxygens (including phenoxy) is 4. The molecule has 0 aliphatic carbocycles. The summed E-state index contributed by atoms with van der Waals surface area (Å²) in [6.07, 6.45) is 2.52. The maximum Gasteiger partial charge on any atom is 0.306 e. The summed E-state index contributed by atoms with van der Waals surface area (Å²) in [5.41, 5.74) is 13.6. The van der Waals surface area contributed by atoms with Gasteiger partial charge in [0.1, 0.15) is 0 Å². The first-order valence-corrected chi connectivity index (χ1v) is 19.6. The van der Waals surface area contributed by atoms with Crippen molar-refractivity contribution in [1.29, 1.82) is 0 Å². The minimum Gasteiger partial charge on any atom is -0.466 e. The minimum atomic E-state index is -0.284. The van der Waals surface area contributed by atoms with E-state index in [0.29, 0.717) is 74.9 Å². The second-order valence-corrected chi connectivity index (χ2v) is 13.9. The molecule has 0 fully saturated rings. The highest BCUT2D eigenvalue weighted by molar-refractivity contribution is 5.96. The van der Waals surface area contributed by atoms with Gasteiger partial charge in [0, 0.05) is 47.8 Å². The number of carbonyl (C=O) groups is 4. The van der Waals surface area contributed by atoms with Crippen molar-refractivity contribution >= 4 is 68.2 Å². The van der Waals surface area contributed by atoms with Crippen molar-refractivity contribution in [3.63, 3.8) is 0 Å². The van der Waals surface area contributed by atoms with Crippen LogP contribution >= 0.6 is 0 Å². The normalized spacial score (nSPS) is 12.6. The fourth-order valence-electron chi connectivity index (χ4n) is 7.33. The number of allylic oxidation sites excluding steroid dienone is 4. The number of aryl methyl sites for hydroxylation is 4. The molecule has 0 spiro atoms. The van der Waals surface area contributed by atoms with E-state index in [9.17, 15) is 19.2 Å². The zero-order chi connectivity index (χ0) is 40.5. The Balaban J connectivity index is 1.83. The van der Waals surface area contributed by atoms with E-state index in [0.717, 1.165) is 66.6 Å². The van der Waals surface area contributed by atoms with Crippen molar-refractivity contribution in [2.75, 3.05) is 26.4 Å². The van der Waals surface area contributed by atoms with Gasteiger partial charge >= 0.3 is 23.9 Å². The first-order chi connectivity index (χ1) is 26.9. The SMILES string of the molecule is CCOC(=O)CCC1=C(C)c2cc3nc(cc4[nH]c(cc5[nH]c(cc1n2)c(CCC(=O)OCC)c5C)c(C)c4CCC(=O)OCC)C(CCC(=O)OCC)=C3C. The first kappa shape index (κ1) is 41.6. The molecule has 3 aromatic rings. The molecule has 5 heterocycles. The summed E-state index contributed by atoms with van der Waals surface area (Å²) in [6.45, 7) is 16.4. The molecule has 0 radical (unpaired) electrons. The third kappa shape index (κ3) is 9.64. The summed E-state index contributed by atoms with van der Waals surface area (Å²) < 4.78 is 21.1. The van der Waals surface area contributed by atoms with Crippen molar-refractivity contribution in [2.24, 2.45) is 0 Å². The van der Waals surface area contributed by atoms with Crippen molar-refractivity contribution in [1.82, 2.24) is 19.9 Å². The van der Waals surface area contributed by atoms with Crippen LogP contribution in [-0.2, 0) is 51.0 Å². The number of H-pyrrole nitrogens is 2. The maximum absolute atomic E-state index is 12.6. The highest BCUT2D eigenvalue weighted by atomic mass is 16.5. The van der Waals surface area contributed by atoms with Crippen molar-refractivity contribution in [3.05, 3.63) is 69.3 Å². The Morgan fingerprint density at radius 2 is 0.804 bits per heavy atom. The molecule has 12 heteroatoms. The van der Waals surface area contributed by atoms with E-state index in [-0.39, 0.29) is 49.6 Å². The molecule has 3 aromatic heterocycles. The number of hydrogen-bond acceptors (Lipinski definition) is 10. The van der Waals surface area contributed by atoms with Gasteiger partial charge in [-0.2, -0.15) is 0 Å². The molecule has 298 valence electrons. The monoisotopic (exact) mass is 766 g/mol. The predicted molar refractivity (Wildman–Crippen MR) is 217 cm³/mol. The maximum atomic E-state index is 12.6. The fraction of sp³-hybridized carbons (Fsp3) is 0.455. The van der Waals surface area contributed by atoms with Crippen LogP contribution in [0, 0.1) is 13.8 Å². The van der Waals surface area contributed by atoms with Gasteiger partial charge in [0.25, 0.3) is 0 Å². The Labute approximate surface area is 328 Å². The molecular formula is C44H54N4O8. The second-order valence-electron chi connectivity index (χ2n) is 13.9. The van der Waals surface area contributed by atoms with E-state index >= 15 is 0 Å². The number of aromatic nitrogens is 4. The van der Waals surface area contributed by atoms with Crippen LogP contribution in [0.3, 0.4) is 0 Å². The summed E-state index contributed by atoms with van der Waals surface area (Å²) in [7, 11) is 0. The zero-order valence-electron chi connectivity index (χ0n) is 34.0. The minimum absolute atomic E-state index is 0.191. The molecule has 56 heavy (non-hydrogen) atoms. The third-order valence-electron chi connectivity index (χ3n) is 10.3. The molecular weight excluding hydrogens is 713 g/mol. The van der Waals surface area contributed by atoms with Gasteiger partial charge in [-0.05, 0) is 150 Å². The third-order valence-corrected chi connectivity index (χ3v) is 10.3. The smallest absolute Gasteiger partial charge is 0.306 e. The van der Waals surface area contributed by atoms with Crippen LogP contribution in [0.25, 0.3) is 44.4 Å². The van der Waals surface area contributed by atoms with Gasteiger partial charge in [0.05, 0.1) is 49.2 Å². The highest BCUT2D eigenvalue weighted by Crippen LogP contribution is 2.38. The Hall–Kier alpha value is -5.52. The molecule has 0 unspecified atom stereocenters. The molecule has 2 N–H and O–H groups in total. The molecule has 2 aliphatic rings. The van der Waals surface area contributed by atoms with Crippen LogP contribution in [0.15, 0.2) is 24.3 Å². The summed E-state index contributed by atoms with van der Waals surface area (Å²) in [6, 6.07) is 8.00. The number of nitrogens with zero attached hydrogens (tertiary/aromatic N) is 2. The second kappa shape index (κ2) is 18.9. The number of aromatic amines is 2. The van der Waals surface area contributed by atoms with Gasteiger partial charge in [-0.25, -0.2) is 9.97 Å². The molecule has 2 aliphatic heterocycles. The molecule has 12 nitrogen and oxygen atoms in total.